The Morgan fingerprint density at radius 1 is 0.552 bits per heavy atom. The lowest BCUT2D eigenvalue weighted by Crippen LogP contribution is -2.04. The molecular weight excluding hydrogens is 392 g/mol. The van der Waals surface area contributed by atoms with Crippen molar-refractivity contribution in [2.24, 2.45) is 0 Å². The van der Waals surface area contributed by atoms with Gasteiger partial charge in [0.05, 0.1) is 0 Å². The predicted molar refractivity (Wildman–Crippen MR) is 122 cm³/mol. The molecule has 2 nitrogen and oxygen atoms in total. The summed E-state index contributed by atoms with van der Waals surface area (Å²) >= 11 is 3.34. The number of nitrogens with zero attached hydrogens (tertiary/aromatic N) is 2. The fourth-order valence-electron chi connectivity index (χ4n) is 3.66. The first-order chi connectivity index (χ1) is 14.4. The van der Waals surface area contributed by atoms with Crippen molar-refractivity contribution < 1.29 is 0 Å². The van der Waals surface area contributed by atoms with Gasteiger partial charge in [0.25, 0.3) is 0 Å². The van der Waals surface area contributed by atoms with E-state index in [1.165, 1.54) is 16.7 Å². The van der Waals surface area contributed by atoms with Gasteiger partial charge >= 0.3 is 0 Å². The van der Waals surface area contributed by atoms with E-state index in [-0.39, 0.29) is 5.92 Å². The fourth-order valence-corrected chi connectivity index (χ4v) is 4.93. The van der Waals surface area contributed by atoms with Crippen LogP contribution in [-0.2, 0) is 0 Å². The van der Waals surface area contributed by atoms with Crippen LogP contribution in [0.5, 0.6) is 0 Å². The summed E-state index contributed by atoms with van der Waals surface area (Å²) in [5.74, 6) is 0.149. The fraction of sp³-hybridized carbons (Fsp3) is 0.0400. The van der Waals surface area contributed by atoms with Gasteiger partial charge in [-0.1, -0.05) is 66.7 Å². The minimum Gasteiger partial charge on any atom is -0.245 e. The van der Waals surface area contributed by atoms with Gasteiger partial charge in [0.15, 0.2) is 0 Å². The van der Waals surface area contributed by atoms with Gasteiger partial charge in [0.1, 0.15) is 10.0 Å². The number of benzene rings is 3. The average molecular weight is 411 g/mol. The van der Waals surface area contributed by atoms with Crippen molar-refractivity contribution in [1.29, 1.82) is 0 Å². The smallest absolute Gasteiger partial charge is 0.123 e. The SMILES string of the molecule is c1ccc(C(c2cccc(-c3nccs3)c2)c2cccc(-c3nccs3)c2)cc1. The molecule has 0 aliphatic heterocycles. The van der Waals surface area contributed by atoms with E-state index in [1.54, 1.807) is 22.7 Å². The van der Waals surface area contributed by atoms with E-state index >= 15 is 0 Å². The molecule has 0 amide bonds. The molecule has 2 aromatic heterocycles. The third-order valence-electron chi connectivity index (χ3n) is 4.93. The maximum atomic E-state index is 4.49. The van der Waals surface area contributed by atoms with Gasteiger partial charge < -0.3 is 0 Å². The molecule has 0 bridgehead atoms. The van der Waals surface area contributed by atoms with Crippen LogP contribution < -0.4 is 0 Å². The normalized spacial score (nSPS) is 11.1. The van der Waals surface area contributed by atoms with Crippen LogP contribution in [0.2, 0.25) is 0 Å². The molecule has 0 aliphatic carbocycles. The zero-order valence-electron chi connectivity index (χ0n) is 15.6. The minimum absolute atomic E-state index is 0.149. The Balaban J connectivity index is 1.64. The van der Waals surface area contributed by atoms with E-state index < -0.39 is 0 Å². The average Bonchev–Trinajstić information content (AvgIpc) is 3.50. The Labute approximate surface area is 178 Å². The molecule has 29 heavy (non-hydrogen) atoms. The molecule has 0 atom stereocenters. The van der Waals surface area contributed by atoms with Crippen LogP contribution >= 0.6 is 22.7 Å². The number of aromatic nitrogens is 2. The van der Waals surface area contributed by atoms with Crippen molar-refractivity contribution in [1.82, 2.24) is 9.97 Å². The number of hydrogen-bond acceptors (Lipinski definition) is 4. The van der Waals surface area contributed by atoms with Crippen LogP contribution in [0.1, 0.15) is 22.6 Å². The minimum atomic E-state index is 0.149. The topological polar surface area (TPSA) is 25.8 Å². The quantitative estimate of drug-likeness (QED) is 0.288. The van der Waals surface area contributed by atoms with Crippen LogP contribution in [-0.4, -0.2) is 9.97 Å². The second-order valence-corrected chi connectivity index (χ2v) is 8.56. The predicted octanol–water partition coefficient (Wildman–Crippen LogP) is 7.11. The van der Waals surface area contributed by atoms with Crippen molar-refractivity contribution >= 4 is 22.7 Å². The van der Waals surface area contributed by atoms with Crippen LogP contribution in [0.15, 0.2) is 102 Å². The highest BCUT2D eigenvalue weighted by Crippen LogP contribution is 2.36. The van der Waals surface area contributed by atoms with Gasteiger partial charge in [-0.2, -0.15) is 0 Å². The monoisotopic (exact) mass is 410 g/mol. The van der Waals surface area contributed by atoms with Gasteiger partial charge in [-0.3, -0.25) is 0 Å². The summed E-state index contributed by atoms with van der Waals surface area (Å²) < 4.78 is 0. The zero-order chi connectivity index (χ0) is 19.5. The van der Waals surface area contributed by atoms with E-state index in [9.17, 15) is 0 Å². The van der Waals surface area contributed by atoms with Gasteiger partial charge in [-0.25, -0.2) is 9.97 Å². The van der Waals surface area contributed by atoms with E-state index in [4.69, 9.17) is 0 Å². The Kier molecular flexibility index (Phi) is 5.03. The standard InChI is InChI=1S/C25H18N2S2/c1-2-6-18(7-3-1)23(19-8-4-10-21(16-19)24-26-12-14-28-24)20-9-5-11-22(17-20)25-27-13-15-29-25/h1-17,23H. The van der Waals surface area contributed by atoms with Crippen LogP contribution in [0.25, 0.3) is 21.1 Å². The summed E-state index contributed by atoms with van der Waals surface area (Å²) in [5, 5.41) is 6.15. The van der Waals surface area contributed by atoms with Crippen molar-refractivity contribution in [2.75, 3.05) is 0 Å². The molecule has 0 N–H and O–H groups in total. The van der Waals surface area contributed by atoms with Gasteiger partial charge in [-0.05, 0) is 28.8 Å². The van der Waals surface area contributed by atoms with Gasteiger partial charge in [0, 0.05) is 40.2 Å². The highest BCUT2D eigenvalue weighted by atomic mass is 32.1. The van der Waals surface area contributed by atoms with Crippen LogP contribution in [0.3, 0.4) is 0 Å². The van der Waals surface area contributed by atoms with E-state index in [2.05, 4.69) is 88.8 Å². The molecule has 0 unspecified atom stereocenters. The maximum Gasteiger partial charge on any atom is 0.123 e. The van der Waals surface area contributed by atoms with Crippen molar-refractivity contribution in [2.45, 2.75) is 5.92 Å². The molecule has 4 heteroatoms. The number of rotatable bonds is 5. The molecule has 140 valence electrons. The third kappa shape index (κ3) is 3.77. The Bertz CT molecular complexity index is 1120. The van der Waals surface area contributed by atoms with E-state index in [0.717, 1.165) is 21.1 Å². The Morgan fingerprint density at radius 2 is 1.07 bits per heavy atom. The second-order valence-electron chi connectivity index (χ2n) is 6.77. The van der Waals surface area contributed by atoms with Crippen molar-refractivity contribution in [3.8, 4) is 21.1 Å². The summed E-state index contributed by atoms with van der Waals surface area (Å²) in [6.45, 7) is 0. The summed E-state index contributed by atoms with van der Waals surface area (Å²) in [6, 6.07) is 28.2. The maximum absolute atomic E-state index is 4.49. The molecule has 2 heterocycles. The molecule has 0 radical (unpaired) electrons. The summed E-state index contributed by atoms with van der Waals surface area (Å²) in [5.41, 5.74) is 6.13. The number of thiazole rings is 2. The molecule has 3 aromatic carbocycles. The van der Waals surface area contributed by atoms with Gasteiger partial charge in [-0.15, -0.1) is 22.7 Å². The summed E-state index contributed by atoms with van der Waals surface area (Å²) in [6.07, 6.45) is 3.72. The third-order valence-corrected chi connectivity index (χ3v) is 6.58. The molecule has 0 fully saturated rings. The molecule has 0 saturated heterocycles. The lowest BCUT2D eigenvalue weighted by molar-refractivity contribution is 0.978. The molecular formula is C25H18N2S2. The molecule has 0 saturated carbocycles. The largest absolute Gasteiger partial charge is 0.245 e. The second kappa shape index (κ2) is 8.11. The Morgan fingerprint density at radius 3 is 1.55 bits per heavy atom. The number of hydrogen-bond donors (Lipinski definition) is 0. The highest BCUT2D eigenvalue weighted by Gasteiger charge is 2.18. The summed E-state index contributed by atoms with van der Waals surface area (Å²) in [7, 11) is 0. The lowest BCUT2D eigenvalue weighted by atomic mass is 9.84. The Hall–Kier alpha value is -3.08. The first-order valence-electron chi connectivity index (χ1n) is 9.43. The zero-order valence-corrected chi connectivity index (χ0v) is 17.2. The molecule has 0 aliphatic rings. The molecule has 0 spiro atoms. The first-order valence-corrected chi connectivity index (χ1v) is 11.2. The van der Waals surface area contributed by atoms with Crippen molar-refractivity contribution in [3.05, 3.63) is 119 Å². The highest BCUT2D eigenvalue weighted by molar-refractivity contribution is 7.13. The van der Waals surface area contributed by atoms with E-state index in [1.807, 2.05) is 23.2 Å². The first kappa shape index (κ1) is 18.0. The van der Waals surface area contributed by atoms with E-state index in [0.29, 0.717) is 0 Å². The van der Waals surface area contributed by atoms with Crippen LogP contribution in [0.4, 0.5) is 0 Å². The molecule has 5 rings (SSSR count). The van der Waals surface area contributed by atoms with Crippen LogP contribution in [0, 0.1) is 0 Å². The lowest BCUT2D eigenvalue weighted by Gasteiger charge is -2.20. The summed E-state index contributed by atoms with van der Waals surface area (Å²) in [4.78, 5) is 8.98. The van der Waals surface area contributed by atoms with Gasteiger partial charge in [0.2, 0.25) is 0 Å². The molecule has 5 aromatic rings. The van der Waals surface area contributed by atoms with Crippen molar-refractivity contribution in [3.63, 3.8) is 0 Å².